The summed E-state index contributed by atoms with van der Waals surface area (Å²) in [7, 11) is 0. The Kier molecular flexibility index (Phi) is 4.15. The van der Waals surface area contributed by atoms with Crippen LogP contribution in [0.15, 0.2) is 18.2 Å². The Balaban J connectivity index is 2.78. The second-order valence-electron chi connectivity index (χ2n) is 3.46. The third kappa shape index (κ3) is 3.23. The number of hydrogen-bond acceptors (Lipinski definition) is 2. The molecule has 0 spiro atoms. The van der Waals surface area contributed by atoms with E-state index in [1.54, 1.807) is 13.0 Å². The summed E-state index contributed by atoms with van der Waals surface area (Å²) in [4.78, 5) is 11.1. The molecule has 0 radical (unpaired) electrons. The van der Waals surface area contributed by atoms with Crippen LogP contribution in [-0.4, -0.2) is 11.7 Å². The fourth-order valence-corrected chi connectivity index (χ4v) is 1.34. The maximum atomic E-state index is 13.2. The minimum atomic E-state index is -0.250. The van der Waals surface area contributed by atoms with Gasteiger partial charge in [0.05, 0.1) is 11.8 Å². The molecule has 0 aromatic heterocycles. The number of benzene rings is 1. The van der Waals surface area contributed by atoms with Crippen LogP contribution >= 0.6 is 12.6 Å². The average Bonchev–Trinajstić information content (AvgIpc) is 2.21. The standard InChI is InChI=1S/C11H14FNOS/c1-7-3-4-9(5-10(7)12)8(2)13-11(14)6-15/h3-5,8,15H,6H2,1-2H3,(H,13,14). The summed E-state index contributed by atoms with van der Waals surface area (Å²) < 4.78 is 13.2. The molecule has 0 aliphatic heterocycles. The van der Waals surface area contributed by atoms with Gasteiger partial charge in [-0.05, 0) is 31.0 Å². The van der Waals surface area contributed by atoms with Gasteiger partial charge in [0.1, 0.15) is 5.82 Å². The first-order valence-electron chi connectivity index (χ1n) is 4.71. The monoisotopic (exact) mass is 227 g/mol. The first-order valence-corrected chi connectivity index (χ1v) is 5.34. The number of aryl methyl sites for hydroxylation is 1. The molecule has 1 amide bonds. The minimum Gasteiger partial charge on any atom is -0.349 e. The molecule has 0 saturated carbocycles. The van der Waals surface area contributed by atoms with E-state index in [1.165, 1.54) is 6.07 Å². The summed E-state index contributed by atoms with van der Waals surface area (Å²) in [6.45, 7) is 3.52. The van der Waals surface area contributed by atoms with Crippen molar-refractivity contribution in [3.05, 3.63) is 35.1 Å². The first kappa shape index (κ1) is 12.0. The third-order valence-corrected chi connectivity index (χ3v) is 2.50. The van der Waals surface area contributed by atoms with Crippen molar-refractivity contribution in [1.29, 1.82) is 0 Å². The Morgan fingerprint density at radius 2 is 2.27 bits per heavy atom. The van der Waals surface area contributed by atoms with Gasteiger partial charge in [0.15, 0.2) is 0 Å². The van der Waals surface area contributed by atoms with E-state index in [2.05, 4.69) is 17.9 Å². The fraction of sp³-hybridized carbons (Fsp3) is 0.364. The van der Waals surface area contributed by atoms with E-state index < -0.39 is 0 Å². The van der Waals surface area contributed by atoms with Crippen molar-refractivity contribution in [3.8, 4) is 0 Å². The Morgan fingerprint density at radius 3 is 2.80 bits per heavy atom. The zero-order valence-electron chi connectivity index (χ0n) is 8.75. The van der Waals surface area contributed by atoms with Crippen molar-refractivity contribution >= 4 is 18.5 Å². The quantitative estimate of drug-likeness (QED) is 0.762. The number of rotatable bonds is 3. The number of hydrogen-bond donors (Lipinski definition) is 2. The molecule has 0 aliphatic carbocycles. The predicted molar refractivity (Wildman–Crippen MR) is 61.5 cm³/mol. The molecule has 82 valence electrons. The zero-order valence-corrected chi connectivity index (χ0v) is 9.64. The van der Waals surface area contributed by atoms with Gasteiger partial charge in [-0.25, -0.2) is 4.39 Å². The van der Waals surface area contributed by atoms with Gasteiger partial charge in [-0.3, -0.25) is 4.79 Å². The molecule has 0 bridgehead atoms. The largest absolute Gasteiger partial charge is 0.349 e. The van der Waals surface area contributed by atoms with E-state index in [-0.39, 0.29) is 23.5 Å². The summed E-state index contributed by atoms with van der Waals surface area (Å²) in [5, 5.41) is 2.71. The van der Waals surface area contributed by atoms with Gasteiger partial charge >= 0.3 is 0 Å². The lowest BCUT2D eigenvalue weighted by Gasteiger charge is -2.14. The lowest BCUT2D eigenvalue weighted by Crippen LogP contribution is -2.27. The van der Waals surface area contributed by atoms with Gasteiger partial charge in [-0.1, -0.05) is 12.1 Å². The van der Waals surface area contributed by atoms with Gasteiger partial charge in [-0.15, -0.1) is 0 Å². The van der Waals surface area contributed by atoms with Crippen LogP contribution in [-0.2, 0) is 4.79 Å². The van der Waals surface area contributed by atoms with Crippen molar-refractivity contribution in [2.24, 2.45) is 0 Å². The van der Waals surface area contributed by atoms with Gasteiger partial charge < -0.3 is 5.32 Å². The number of thiol groups is 1. The summed E-state index contributed by atoms with van der Waals surface area (Å²) >= 11 is 3.85. The molecule has 1 rings (SSSR count). The molecule has 1 aromatic carbocycles. The average molecular weight is 227 g/mol. The second kappa shape index (κ2) is 5.16. The van der Waals surface area contributed by atoms with E-state index >= 15 is 0 Å². The van der Waals surface area contributed by atoms with Crippen molar-refractivity contribution in [1.82, 2.24) is 5.32 Å². The summed E-state index contributed by atoms with van der Waals surface area (Å²) in [5.74, 6) is -0.273. The van der Waals surface area contributed by atoms with E-state index in [1.807, 2.05) is 13.0 Å². The smallest absolute Gasteiger partial charge is 0.230 e. The zero-order chi connectivity index (χ0) is 11.4. The molecular weight excluding hydrogens is 213 g/mol. The first-order chi connectivity index (χ1) is 7.04. The molecule has 0 fully saturated rings. The highest BCUT2D eigenvalue weighted by Crippen LogP contribution is 2.16. The molecule has 15 heavy (non-hydrogen) atoms. The number of carbonyl (C=O) groups excluding carboxylic acids is 1. The van der Waals surface area contributed by atoms with Crippen LogP contribution in [0.1, 0.15) is 24.1 Å². The number of nitrogens with one attached hydrogen (secondary N) is 1. The SMILES string of the molecule is Cc1ccc(C(C)NC(=O)CS)cc1F. The Morgan fingerprint density at radius 1 is 1.60 bits per heavy atom. The van der Waals surface area contributed by atoms with Crippen LogP contribution in [0.5, 0.6) is 0 Å². The number of carbonyl (C=O) groups is 1. The van der Waals surface area contributed by atoms with E-state index in [0.717, 1.165) is 5.56 Å². The Bertz CT molecular complexity index is 368. The molecule has 1 unspecified atom stereocenters. The third-order valence-electron chi connectivity index (χ3n) is 2.22. The summed E-state index contributed by atoms with van der Waals surface area (Å²) in [6, 6.07) is 4.76. The van der Waals surface area contributed by atoms with Crippen molar-refractivity contribution in [3.63, 3.8) is 0 Å². The highest BCUT2D eigenvalue weighted by molar-refractivity contribution is 7.81. The van der Waals surface area contributed by atoms with E-state index in [9.17, 15) is 9.18 Å². The predicted octanol–water partition coefficient (Wildman–Crippen LogP) is 2.24. The molecular formula is C11H14FNOS. The normalized spacial score (nSPS) is 12.3. The minimum absolute atomic E-state index is 0.138. The Hall–Kier alpha value is -1.03. The van der Waals surface area contributed by atoms with Crippen LogP contribution in [0.25, 0.3) is 0 Å². The molecule has 2 nitrogen and oxygen atoms in total. The molecule has 0 saturated heterocycles. The highest BCUT2D eigenvalue weighted by atomic mass is 32.1. The van der Waals surface area contributed by atoms with Crippen molar-refractivity contribution < 1.29 is 9.18 Å². The van der Waals surface area contributed by atoms with Crippen LogP contribution in [0.4, 0.5) is 4.39 Å². The maximum absolute atomic E-state index is 13.2. The molecule has 4 heteroatoms. The van der Waals surface area contributed by atoms with E-state index in [4.69, 9.17) is 0 Å². The van der Waals surface area contributed by atoms with Gasteiger partial charge in [0.2, 0.25) is 5.91 Å². The topological polar surface area (TPSA) is 29.1 Å². The number of halogens is 1. The van der Waals surface area contributed by atoms with Crippen molar-refractivity contribution in [2.75, 3.05) is 5.75 Å². The van der Waals surface area contributed by atoms with Crippen LogP contribution < -0.4 is 5.32 Å². The van der Waals surface area contributed by atoms with Gasteiger partial charge in [-0.2, -0.15) is 12.6 Å². The Labute approximate surface area is 94.3 Å². The van der Waals surface area contributed by atoms with E-state index in [0.29, 0.717) is 5.56 Å². The molecule has 1 N–H and O–H groups in total. The lowest BCUT2D eigenvalue weighted by atomic mass is 10.1. The second-order valence-corrected chi connectivity index (χ2v) is 3.77. The maximum Gasteiger partial charge on any atom is 0.230 e. The summed E-state index contributed by atoms with van der Waals surface area (Å²) in [5.41, 5.74) is 1.36. The van der Waals surface area contributed by atoms with Crippen LogP contribution in [0.2, 0.25) is 0 Å². The van der Waals surface area contributed by atoms with Gasteiger partial charge in [0, 0.05) is 0 Å². The number of amides is 1. The molecule has 0 aliphatic rings. The highest BCUT2D eigenvalue weighted by Gasteiger charge is 2.09. The van der Waals surface area contributed by atoms with Crippen LogP contribution in [0, 0.1) is 12.7 Å². The lowest BCUT2D eigenvalue weighted by molar-refractivity contribution is -0.119. The molecule has 1 aromatic rings. The van der Waals surface area contributed by atoms with Gasteiger partial charge in [0.25, 0.3) is 0 Å². The van der Waals surface area contributed by atoms with Crippen LogP contribution in [0.3, 0.4) is 0 Å². The fourth-order valence-electron chi connectivity index (χ4n) is 1.25. The molecule has 1 atom stereocenters. The van der Waals surface area contributed by atoms with Crippen molar-refractivity contribution in [2.45, 2.75) is 19.9 Å². The summed E-state index contributed by atoms with van der Waals surface area (Å²) in [6.07, 6.45) is 0. The molecule has 0 heterocycles.